The van der Waals surface area contributed by atoms with E-state index in [4.69, 9.17) is 4.74 Å². The van der Waals surface area contributed by atoms with Crippen molar-refractivity contribution in [1.29, 1.82) is 0 Å². The lowest BCUT2D eigenvalue weighted by Crippen LogP contribution is -2.16. The molecule has 0 amide bonds. The molecule has 0 N–H and O–H groups in total. The maximum Gasteiger partial charge on any atom is 0.148 e. The summed E-state index contributed by atoms with van der Waals surface area (Å²) in [7, 11) is 0.281. The first-order valence-electron chi connectivity index (χ1n) is 5.09. The van der Waals surface area contributed by atoms with Crippen LogP contribution in [0.5, 0.6) is 5.75 Å². The summed E-state index contributed by atoms with van der Waals surface area (Å²) < 4.78 is 16.9. The minimum absolute atomic E-state index is 0.0150. The Morgan fingerprint density at radius 1 is 1.44 bits per heavy atom. The fourth-order valence-electron chi connectivity index (χ4n) is 1.12. The van der Waals surface area contributed by atoms with Crippen molar-refractivity contribution in [2.45, 2.75) is 18.7 Å². The van der Waals surface area contributed by atoms with Gasteiger partial charge in [0, 0.05) is 10.8 Å². The van der Waals surface area contributed by atoms with E-state index in [1.165, 1.54) is 0 Å². The third-order valence-corrected chi connectivity index (χ3v) is 3.55. The lowest BCUT2D eigenvalue weighted by Gasteiger charge is -2.06. The molecule has 0 saturated heterocycles. The Bertz CT molecular complexity index is 399. The first-order chi connectivity index (χ1) is 7.54. The van der Waals surface area contributed by atoms with Crippen LogP contribution in [0.1, 0.15) is 13.8 Å². The number of benzene rings is 1. The molecule has 4 heteroatoms. The van der Waals surface area contributed by atoms with Gasteiger partial charge in [-0.15, -0.1) is 0 Å². The van der Waals surface area contributed by atoms with Crippen molar-refractivity contribution in [3.05, 3.63) is 24.3 Å². The van der Waals surface area contributed by atoms with Crippen LogP contribution in [-0.4, -0.2) is 22.9 Å². The number of hydrogen-bond acceptors (Lipinski definition) is 3. The Hall–Kier alpha value is -1.16. The second-order valence-electron chi connectivity index (χ2n) is 3.79. The molecule has 16 heavy (non-hydrogen) atoms. The number of carbonyl (C=O) groups is 1. The molecular weight excluding hydrogens is 224 g/mol. The van der Waals surface area contributed by atoms with Crippen LogP contribution in [0.15, 0.2) is 29.2 Å². The van der Waals surface area contributed by atoms with Gasteiger partial charge < -0.3 is 4.74 Å². The van der Waals surface area contributed by atoms with E-state index in [9.17, 15) is 9.00 Å². The van der Waals surface area contributed by atoms with Crippen LogP contribution in [0.25, 0.3) is 0 Å². The second kappa shape index (κ2) is 5.80. The van der Waals surface area contributed by atoms with Crippen LogP contribution in [0.2, 0.25) is 0 Å². The standard InChI is InChI=1S/C12H16O3S/c1-9(2)12(13)8-16(14)11-6-4-5-10(7-11)15-3/h4-7,9H,8H2,1-3H3. The zero-order valence-corrected chi connectivity index (χ0v) is 10.5. The number of ketones is 1. The third-order valence-electron chi connectivity index (χ3n) is 2.22. The maximum absolute atomic E-state index is 11.9. The van der Waals surface area contributed by atoms with Crippen molar-refractivity contribution in [3.8, 4) is 5.75 Å². The van der Waals surface area contributed by atoms with Gasteiger partial charge >= 0.3 is 0 Å². The lowest BCUT2D eigenvalue weighted by molar-refractivity contribution is -0.119. The lowest BCUT2D eigenvalue weighted by atomic mass is 10.1. The largest absolute Gasteiger partial charge is 0.497 e. The van der Waals surface area contributed by atoms with Gasteiger partial charge in [0.2, 0.25) is 0 Å². The molecule has 3 nitrogen and oxygen atoms in total. The van der Waals surface area contributed by atoms with E-state index in [1.54, 1.807) is 31.4 Å². The molecule has 0 fully saturated rings. The van der Waals surface area contributed by atoms with Crippen LogP contribution >= 0.6 is 0 Å². The molecule has 1 aromatic carbocycles. The van der Waals surface area contributed by atoms with E-state index in [0.717, 1.165) is 0 Å². The molecule has 0 aliphatic carbocycles. The van der Waals surface area contributed by atoms with Gasteiger partial charge in [-0.1, -0.05) is 19.9 Å². The zero-order valence-electron chi connectivity index (χ0n) is 9.73. The van der Waals surface area contributed by atoms with Crippen molar-refractivity contribution in [3.63, 3.8) is 0 Å². The minimum atomic E-state index is -1.28. The molecule has 1 atom stereocenters. The molecule has 0 aromatic heterocycles. The summed E-state index contributed by atoms with van der Waals surface area (Å²) in [5, 5.41) is 0. The fraction of sp³-hybridized carbons (Fsp3) is 0.417. The summed E-state index contributed by atoms with van der Waals surface area (Å²) >= 11 is 0. The molecular formula is C12H16O3S. The van der Waals surface area contributed by atoms with Crippen molar-refractivity contribution in [2.75, 3.05) is 12.9 Å². The Labute approximate surface area is 98.3 Å². The molecule has 0 saturated carbocycles. The second-order valence-corrected chi connectivity index (χ2v) is 5.24. The number of rotatable bonds is 5. The molecule has 1 rings (SSSR count). The molecule has 0 aliphatic rings. The molecule has 1 unspecified atom stereocenters. The summed E-state index contributed by atoms with van der Waals surface area (Å²) in [6, 6.07) is 6.99. The molecule has 0 radical (unpaired) electrons. The van der Waals surface area contributed by atoms with Gasteiger partial charge in [-0.25, -0.2) is 0 Å². The SMILES string of the molecule is COc1cccc(S(=O)CC(=O)C(C)C)c1. The van der Waals surface area contributed by atoms with Crippen LogP contribution in [0.4, 0.5) is 0 Å². The van der Waals surface area contributed by atoms with E-state index in [-0.39, 0.29) is 17.5 Å². The number of methoxy groups -OCH3 is 1. The van der Waals surface area contributed by atoms with Gasteiger partial charge in [0.25, 0.3) is 0 Å². The minimum Gasteiger partial charge on any atom is -0.497 e. The number of ether oxygens (including phenoxy) is 1. The Balaban J connectivity index is 2.76. The monoisotopic (exact) mass is 240 g/mol. The van der Waals surface area contributed by atoms with Gasteiger partial charge in [0.1, 0.15) is 11.5 Å². The molecule has 1 aromatic rings. The highest BCUT2D eigenvalue weighted by atomic mass is 32.2. The summed E-state index contributed by atoms with van der Waals surface area (Å²) in [4.78, 5) is 12.1. The third kappa shape index (κ3) is 3.45. The number of hydrogen-bond donors (Lipinski definition) is 0. The topological polar surface area (TPSA) is 43.4 Å². The zero-order chi connectivity index (χ0) is 12.1. The quantitative estimate of drug-likeness (QED) is 0.791. The smallest absolute Gasteiger partial charge is 0.148 e. The van der Waals surface area contributed by atoms with Crippen LogP contribution < -0.4 is 4.74 Å². The highest BCUT2D eigenvalue weighted by molar-refractivity contribution is 7.85. The van der Waals surface area contributed by atoms with Crippen LogP contribution in [-0.2, 0) is 15.6 Å². The summed E-state index contributed by atoms with van der Waals surface area (Å²) in [6.45, 7) is 3.62. The Morgan fingerprint density at radius 2 is 2.12 bits per heavy atom. The average molecular weight is 240 g/mol. The van der Waals surface area contributed by atoms with Gasteiger partial charge in [-0.2, -0.15) is 0 Å². The summed E-state index contributed by atoms with van der Waals surface area (Å²) in [5.41, 5.74) is 0. The normalized spacial score (nSPS) is 12.5. The molecule has 0 bridgehead atoms. The fourth-order valence-corrected chi connectivity index (χ4v) is 2.36. The highest BCUT2D eigenvalue weighted by Crippen LogP contribution is 2.16. The van der Waals surface area contributed by atoms with Gasteiger partial charge in [0.15, 0.2) is 0 Å². The molecule has 0 aliphatic heterocycles. The van der Waals surface area contributed by atoms with Crippen molar-refractivity contribution < 1.29 is 13.7 Å². The summed E-state index contributed by atoms with van der Waals surface area (Å²) in [5.74, 6) is 0.670. The van der Waals surface area contributed by atoms with Gasteiger partial charge in [0.05, 0.1) is 23.7 Å². The summed E-state index contributed by atoms with van der Waals surface area (Å²) in [6.07, 6.45) is 0. The van der Waals surface area contributed by atoms with Crippen molar-refractivity contribution in [1.82, 2.24) is 0 Å². The first-order valence-corrected chi connectivity index (χ1v) is 6.41. The van der Waals surface area contributed by atoms with E-state index < -0.39 is 10.8 Å². The Kier molecular flexibility index (Phi) is 4.68. The molecule has 88 valence electrons. The van der Waals surface area contributed by atoms with Crippen molar-refractivity contribution >= 4 is 16.6 Å². The predicted molar refractivity (Wildman–Crippen MR) is 64.1 cm³/mol. The number of carbonyl (C=O) groups excluding carboxylic acids is 1. The van der Waals surface area contributed by atoms with Gasteiger partial charge in [-0.3, -0.25) is 9.00 Å². The molecule has 0 heterocycles. The van der Waals surface area contributed by atoms with E-state index in [2.05, 4.69) is 0 Å². The highest BCUT2D eigenvalue weighted by Gasteiger charge is 2.13. The van der Waals surface area contributed by atoms with E-state index >= 15 is 0 Å². The Morgan fingerprint density at radius 3 is 2.69 bits per heavy atom. The van der Waals surface area contributed by atoms with E-state index in [0.29, 0.717) is 10.6 Å². The predicted octanol–water partition coefficient (Wildman–Crippen LogP) is 2.03. The number of Topliss-reactive ketones (excluding diaryl/α,β-unsaturated/α-hetero) is 1. The average Bonchev–Trinajstić information content (AvgIpc) is 2.28. The van der Waals surface area contributed by atoms with Crippen LogP contribution in [0, 0.1) is 5.92 Å². The first kappa shape index (κ1) is 12.9. The molecule has 0 spiro atoms. The van der Waals surface area contributed by atoms with Crippen LogP contribution in [0.3, 0.4) is 0 Å². The van der Waals surface area contributed by atoms with Gasteiger partial charge in [-0.05, 0) is 18.2 Å². The maximum atomic E-state index is 11.9. The van der Waals surface area contributed by atoms with E-state index in [1.807, 2.05) is 13.8 Å². The van der Waals surface area contributed by atoms with Crippen molar-refractivity contribution in [2.24, 2.45) is 5.92 Å².